The molecule has 1 amide bonds. The van der Waals surface area contributed by atoms with E-state index in [2.05, 4.69) is 48.7 Å². The lowest BCUT2D eigenvalue weighted by atomic mass is 9.70. The summed E-state index contributed by atoms with van der Waals surface area (Å²) in [5.41, 5.74) is 2.10. The Labute approximate surface area is 152 Å². The Balaban J connectivity index is 2.05. The molecular weight excluding hydrogens is 312 g/mol. The summed E-state index contributed by atoms with van der Waals surface area (Å²) in [5, 5.41) is 6.69. The van der Waals surface area contributed by atoms with Crippen molar-refractivity contribution in [2.75, 3.05) is 6.54 Å². The third kappa shape index (κ3) is 5.46. The van der Waals surface area contributed by atoms with E-state index >= 15 is 0 Å². The van der Waals surface area contributed by atoms with Gasteiger partial charge in [0, 0.05) is 12.6 Å². The third-order valence-corrected chi connectivity index (χ3v) is 4.77. The van der Waals surface area contributed by atoms with Crippen molar-refractivity contribution in [3.63, 3.8) is 0 Å². The number of alkyl carbamates (subject to hydrolysis) is 1. The van der Waals surface area contributed by atoms with E-state index in [1.807, 2.05) is 34.6 Å². The standard InChI is InChI=1S/C21H34N2O2/c1-19(2,3)25-18(24)23-21(6,7)14-22-17-16-11-9-8-10-15(16)12-13-20(17,4)5/h8-11,17,22H,12-14H2,1-7H3,(H,23,24). The summed E-state index contributed by atoms with van der Waals surface area (Å²) in [6, 6.07) is 8.95. The fraction of sp³-hybridized carbons (Fsp3) is 0.667. The van der Waals surface area contributed by atoms with E-state index in [4.69, 9.17) is 4.74 Å². The Bertz CT molecular complexity index is 615. The van der Waals surface area contributed by atoms with Gasteiger partial charge in [0.2, 0.25) is 0 Å². The number of nitrogens with one attached hydrogen (secondary N) is 2. The minimum Gasteiger partial charge on any atom is -0.444 e. The molecule has 0 radical (unpaired) electrons. The lowest BCUT2D eigenvalue weighted by molar-refractivity contribution is 0.0467. The van der Waals surface area contributed by atoms with Crippen LogP contribution < -0.4 is 10.6 Å². The Kier molecular flexibility index (Phi) is 5.53. The maximum atomic E-state index is 12.1. The first-order valence-corrected chi connectivity index (χ1v) is 9.22. The highest BCUT2D eigenvalue weighted by Gasteiger charge is 2.36. The molecule has 1 atom stereocenters. The number of amides is 1. The number of benzene rings is 1. The molecule has 0 spiro atoms. The fourth-order valence-corrected chi connectivity index (χ4v) is 3.43. The van der Waals surface area contributed by atoms with Gasteiger partial charge < -0.3 is 15.4 Å². The number of hydrogen-bond acceptors (Lipinski definition) is 3. The third-order valence-electron chi connectivity index (χ3n) is 4.77. The fourth-order valence-electron chi connectivity index (χ4n) is 3.43. The van der Waals surface area contributed by atoms with Gasteiger partial charge in [0.1, 0.15) is 5.60 Å². The number of ether oxygens (including phenoxy) is 1. The average Bonchev–Trinajstić information content (AvgIpc) is 2.42. The van der Waals surface area contributed by atoms with Crippen molar-refractivity contribution in [2.24, 2.45) is 5.41 Å². The number of rotatable bonds is 4. The SMILES string of the molecule is CC(C)(CNC1c2ccccc2CCC1(C)C)NC(=O)OC(C)(C)C. The molecule has 0 saturated carbocycles. The van der Waals surface area contributed by atoms with Crippen LogP contribution in [0.25, 0.3) is 0 Å². The topological polar surface area (TPSA) is 50.4 Å². The second-order valence-corrected chi connectivity index (χ2v) is 9.51. The van der Waals surface area contributed by atoms with Crippen molar-refractivity contribution < 1.29 is 9.53 Å². The first-order chi connectivity index (χ1) is 11.4. The minimum absolute atomic E-state index is 0.177. The molecular formula is C21H34N2O2. The molecule has 1 aliphatic rings. The molecule has 0 bridgehead atoms. The van der Waals surface area contributed by atoms with Gasteiger partial charge in [-0.3, -0.25) is 0 Å². The molecule has 2 N–H and O–H groups in total. The van der Waals surface area contributed by atoms with Crippen LogP contribution in [0.4, 0.5) is 4.79 Å². The van der Waals surface area contributed by atoms with Gasteiger partial charge in [-0.05, 0) is 64.0 Å². The number of fused-ring (bicyclic) bond motifs is 1. The van der Waals surface area contributed by atoms with E-state index in [-0.39, 0.29) is 17.6 Å². The monoisotopic (exact) mass is 346 g/mol. The van der Waals surface area contributed by atoms with Gasteiger partial charge in [-0.25, -0.2) is 4.79 Å². The van der Waals surface area contributed by atoms with Crippen LogP contribution in [-0.2, 0) is 11.2 Å². The quantitative estimate of drug-likeness (QED) is 0.838. The van der Waals surface area contributed by atoms with Crippen LogP contribution in [-0.4, -0.2) is 23.8 Å². The molecule has 1 aliphatic carbocycles. The lowest BCUT2D eigenvalue weighted by Crippen LogP contribution is -2.53. The molecule has 1 aromatic rings. The molecule has 0 aliphatic heterocycles. The summed E-state index contributed by atoms with van der Waals surface area (Å²) >= 11 is 0. The van der Waals surface area contributed by atoms with Crippen LogP contribution >= 0.6 is 0 Å². The zero-order valence-electron chi connectivity index (χ0n) is 16.8. The maximum Gasteiger partial charge on any atom is 0.408 e. The molecule has 1 unspecified atom stereocenters. The van der Waals surface area contributed by atoms with E-state index < -0.39 is 11.1 Å². The first-order valence-electron chi connectivity index (χ1n) is 9.22. The van der Waals surface area contributed by atoms with Crippen molar-refractivity contribution in [2.45, 2.75) is 78.5 Å². The molecule has 0 heterocycles. The van der Waals surface area contributed by atoms with Gasteiger partial charge in [-0.1, -0.05) is 38.1 Å². The van der Waals surface area contributed by atoms with Crippen LogP contribution in [0.3, 0.4) is 0 Å². The molecule has 140 valence electrons. The van der Waals surface area contributed by atoms with Crippen LogP contribution in [0.1, 0.15) is 72.1 Å². The van der Waals surface area contributed by atoms with Gasteiger partial charge in [-0.2, -0.15) is 0 Å². The van der Waals surface area contributed by atoms with E-state index in [1.54, 1.807) is 0 Å². The van der Waals surface area contributed by atoms with Crippen molar-refractivity contribution in [3.8, 4) is 0 Å². The van der Waals surface area contributed by atoms with Crippen molar-refractivity contribution in [1.82, 2.24) is 10.6 Å². The molecule has 4 heteroatoms. The van der Waals surface area contributed by atoms with Gasteiger partial charge >= 0.3 is 6.09 Å². The number of aryl methyl sites for hydroxylation is 1. The van der Waals surface area contributed by atoms with Crippen LogP contribution in [0, 0.1) is 5.41 Å². The van der Waals surface area contributed by atoms with E-state index in [1.165, 1.54) is 11.1 Å². The lowest BCUT2D eigenvalue weighted by Gasteiger charge is -2.42. The molecule has 1 aromatic carbocycles. The second kappa shape index (κ2) is 6.99. The summed E-state index contributed by atoms with van der Waals surface area (Å²) in [4.78, 5) is 12.1. The Morgan fingerprint density at radius 3 is 2.48 bits per heavy atom. The zero-order valence-corrected chi connectivity index (χ0v) is 16.8. The van der Waals surface area contributed by atoms with E-state index in [0.29, 0.717) is 6.54 Å². The Morgan fingerprint density at radius 1 is 1.20 bits per heavy atom. The van der Waals surface area contributed by atoms with Crippen molar-refractivity contribution in [3.05, 3.63) is 35.4 Å². The van der Waals surface area contributed by atoms with Crippen LogP contribution in [0.2, 0.25) is 0 Å². The normalized spacial score (nSPS) is 19.9. The van der Waals surface area contributed by atoms with Gasteiger partial charge in [-0.15, -0.1) is 0 Å². The number of carbonyl (C=O) groups is 1. The Hall–Kier alpha value is -1.55. The molecule has 25 heavy (non-hydrogen) atoms. The van der Waals surface area contributed by atoms with Crippen molar-refractivity contribution in [1.29, 1.82) is 0 Å². The summed E-state index contributed by atoms with van der Waals surface area (Å²) < 4.78 is 5.38. The predicted molar refractivity (Wildman–Crippen MR) is 103 cm³/mol. The largest absolute Gasteiger partial charge is 0.444 e. The smallest absolute Gasteiger partial charge is 0.408 e. The molecule has 0 saturated heterocycles. The van der Waals surface area contributed by atoms with Crippen molar-refractivity contribution >= 4 is 6.09 Å². The van der Waals surface area contributed by atoms with E-state index in [9.17, 15) is 4.79 Å². The summed E-state index contributed by atoms with van der Waals surface area (Å²) in [6.07, 6.45) is 1.91. The number of carbonyl (C=O) groups excluding carboxylic acids is 1. The molecule has 4 nitrogen and oxygen atoms in total. The number of hydrogen-bond donors (Lipinski definition) is 2. The average molecular weight is 347 g/mol. The second-order valence-electron chi connectivity index (χ2n) is 9.51. The summed E-state index contributed by atoms with van der Waals surface area (Å²) in [6.45, 7) is 15.0. The highest BCUT2D eigenvalue weighted by Crippen LogP contribution is 2.43. The summed E-state index contributed by atoms with van der Waals surface area (Å²) in [7, 11) is 0. The van der Waals surface area contributed by atoms with Gasteiger partial charge in [0.25, 0.3) is 0 Å². The van der Waals surface area contributed by atoms with E-state index in [0.717, 1.165) is 12.8 Å². The minimum atomic E-state index is -0.488. The first kappa shape index (κ1) is 19.8. The zero-order chi connectivity index (χ0) is 18.9. The Morgan fingerprint density at radius 2 is 1.84 bits per heavy atom. The van der Waals surface area contributed by atoms with Gasteiger partial charge in [0.05, 0.1) is 5.54 Å². The highest BCUT2D eigenvalue weighted by atomic mass is 16.6. The molecule has 0 fully saturated rings. The maximum absolute atomic E-state index is 12.1. The summed E-state index contributed by atoms with van der Waals surface area (Å²) in [5.74, 6) is 0. The van der Waals surface area contributed by atoms with Gasteiger partial charge in [0.15, 0.2) is 0 Å². The predicted octanol–water partition coefficient (Wildman–Crippen LogP) is 4.59. The van der Waals surface area contributed by atoms with Crippen LogP contribution in [0.15, 0.2) is 24.3 Å². The van der Waals surface area contributed by atoms with Crippen LogP contribution in [0.5, 0.6) is 0 Å². The highest BCUT2D eigenvalue weighted by molar-refractivity contribution is 5.68. The molecule has 2 rings (SSSR count). The molecule has 0 aromatic heterocycles.